The summed E-state index contributed by atoms with van der Waals surface area (Å²) in [6.07, 6.45) is 0. The van der Waals surface area contributed by atoms with Crippen LogP contribution in [0, 0.1) is 0 Å². The number of ketones is 1. The third kappa shape index (κ3) is 2.16. The van der Waals surface area contributed by atoms with E-state index >= 15 is 0 Å². The largest absolute Gasteiger partial charge is 0.370 e. The molecular formula is C16H14N2O2. The van der Waals surface area contributed by atoms with Crippen molar-refractivity contribution in [2.75, 3.05) is 17.3 Å². The molecule has 2 aromatic rings. The first-order valence-electron chi connectivity index (χ1n) is 6.40. The van der Waals surface area contributed by atoms with E-state index in [4.69, 9.17) is 0 Å². The number of anilines is 2. The second kappa shape index (κ2) is 4.81. The summed E-state index contributed by atoms with van der Waals surface area (Å²) in [4.78, 5) is 24.9. The van der Waals surface area contributed by atoms with Crippen molar-refractivity contribution >= 4 is 23.1 Å². The van der Waals surface area contributed by atoms with Gasteiger partial charge in [-0.3, -0.25) is 9.59 Å². The Morgan fingerprint density at radius 1 is 1.05 bits per heavy atom. The van der Waals surface area contributed by atoms with Crippen molar-refractivity contribution in [3.8, 4) is 0 Å². The first-order chi connectivity index (χ1) is 9.65. The number of hydrogen-bond donors (Lipinski definition) is 1. The SMILES string of the molecule is CN(Cc1ccccc1)c1ccc2c(c1)NC(=O)C2=O. The van der Waals surface area contributed by atoms with Gasteiger partial charge in [0.15, 0.2) is 0 Å². The Kier molecular flexibility index (Phi) is 2.99. The number of benzene rings is 2. The lowest BCUT2D eigenvalue weighted by Crippen LogP contribution is -2.16. The molecule has 0 aromatic heterocycles. The number of nitrogens with one attached hydrogen (secondary N) is 1. The van der Waals surface area contributed by atoms with Gasteiger partial charge in [0.25, 0.3) is 11.7 Å². The van der Waals surface area contributed by atoms with Gasteiger partial charge in [-0.15, -0.1) is 0 Å². The maximum absolute atomic E-state index is 11.5. The van der Waals surface area contributed by atoms with E-state index in [-0.39, 0.29) is 0 Å². The maximum Gasteiger partial charge on any atom is 0.296 e. The normalized spacial score (nSPS) is 13.1. The van der Waals surface area contributed by atoms with E-state index in [0.29, 0.717) is 11.3 Å². The van der Waals surface area contributed by atoms with Gasteiger partial charge in [0.1, 0.15) is 0 Å². The van der Waals surface area contributed by atoms with Crippen LogP contribution in [0.3, 0.4) is 0 Å². The van der Waals surface area contributed by atoms with Crippen LogP contribution in [0.5, 0.6) is 0 Å². The molecule has 0 fully saturated rings. The molecule has 1 aliphatic heterocycles. The molecule has 0 unspecified atom stereocenters. The summed E-state index contributed by atoms with van der Waals surface area (Å²) >= 11 is 0. The van der Waals surface area contributed by atoms with Crippen LogP contribution in [-0.4, -0.2) is 18.7 Å². The molecule has 20 heavy (non-hydrogen) atoms. The predicted octanol–water partition coefficient (Wildman–Crippen LogP) is 2.46. The molecule has 0 radical (unpaired) electrons. The third-order valence-corrected chi connectivity index (χ3v) is 3.41. The highest BCUT2D eigenvalue weighted by atomic mass is 16.2. The van der Waals surface area contributed by atoms with Crippen LogP contribution >= 0.6 is 0 Å². The molecule has 0 saturated carbocycles. The number of nitrogens with zero attached hydrogens (tertiary/aromatic N) is 1. The van der Waals surface area contributed by atoms with E-state index in [9.17, 15) is 9.59 Å². The predicted molar refractivity (Wildman–Crippen MR) is 78.0 cm³/mol. The average molecular weight is 266 g/mol. The smallest absolute Gasteiger partial charge is 0.296 e. The molecule has 1 amide bonds. The molecule has 1 heterocycles. The summed E-state index contributed by atoms with van der Waals surface area (Å²) in [5.74, 6) is -1.01. The Hall–Kier alpha value is -2.62. The monoisotopic (exact) mass is 266 g/mol. The van der Waals surface area contributed by atoms with E-state index in [2.05, 4.69) is 22.3 Å². The molecule has 4 heteroatoms. The van der Waals surface area contributed by atoms with Crippen molar-refractivity contribution in [3.63, 3.8) is 0 Å². The molecule has 3 rings (SSSR count). The van der Waals surface area contributed by atoms with E-state index in [0.717, 1.165) is 12.2 Å². The molecule has 2 aromatic carbocycles. The van der Waals surface area contributed by atoms with E-state index in [1.807, 2.05) is 37.4 Å². The second-order valence-electron chi connectivity index (χ2n) is 4.85. The van der Waals surface area contributed by atoms with Gasteiger partial charge in [-0.05, 0) is 23.8 Å². The van der Waals surface area contributed by atoms with Crippen LogP contribution in [0.4, 0.5) is 11.4 Å². The van der Waals surface area contributed by atoms with Gasteiger partial charge in [-0.1, -0.05) is 30.3 Å². The summed E-state index contributed by atoms with van der Waals surface area (Å²) < 4.78 is 0. The Morgan fingerprint density at radius 2 is 1.80 bits per heavy atom. The van der Waals surface area contributed by atoms with Crippen LogP contribution < -0.4 is 10.2 Å². The van der Waals surface area contributed by atoms with Gasteiger partial charge < -0.3 is 10.2 Å². The number of rotatable bonds is 3. The van der Waals surface area contributed by atoms with Gasteiger partial charge in [-0.2, -0.15) is 0 Å². The van der Waals surface area contributed by atoms with Gasteiger partial charge in [0.05, 0.1) is 11.3 Å². The van der Waals surface area contributed by atoms with Crippen molar-refractivity contribution in [2.24, 2.45) is 0 Å². The Labute approximate surface area is 117 Å². The van der Waals surface area contributed by atoms with Crippen molar-refractivity contribution < 1.29 is 9.59 Å². The number of Topliss-reactive ketones (excluding diaryl/α,β-unsaturated/α-hetero) is 1. The number of hydrogen-bond acceptors (Lipinski definition) is 3. The van der Waals surface area contributed by atoms with E-state index in [1.54, 1.807) is 6.07 Å². The van der Waals surface area contributed by atoms with Crippen LogP contribution in [0.2, 0.25) is 0 Å². The quantitative estimate of drug-likeness (QED) is 0.868. The van der Waals surface area contributed by atoms with Crippen molar-refractivity contribution in [1.82, 2.24) is 0 Å². The summed E-state index contributed by atoms with van der Waals surface area (Å²) in [6, 6.07) is 15.5. The molecule has 100 valence electrons. The summed E-state index contributed by atoms with van der Waals surface area (Å²) in [7, 11) is 1.98. The standard InChI is InChI=1S/C16H14N2O2/c1-18(10-11-5-3-2-4-6-11)12-7-8-13-14(9-12)17-16(20)15(13)19/h2-9H,10H2,1H3,(H,17,19,20). The Balaban J connectivity index is 1.83. The van der Waals surface area contributed by atoms with Gasteiger partial charge in [-0.25, -0.2) is 0 Å². The van der Waals surface area contributed by atoms with E-state index < -0.39 is 11.7 Å². The van der Waals surface area contributed by atoms with Crippen LogP contribution in [0.1, 0.15) is 15.9 Å². The lowest BCUT2D eigenvalue weighted by atomic mass is 10.1. The maximum atomic E-state index is 11.5. The molecule has 0 spiro atoms. The highest BCUT2D eigenvalue weighted by molar-refractivity contribution is 6.51. The average Bonchev–Trinajstić information content (AvgIpc) is 2.74. The zero-order chi connectivity index (χ0) is 14.1. The molecule has 0 bridgehead atoms. The minimum atomic E-state index is -0.553. The molecule has 0 saturated heterocycles. The summed E-state index contributed by atoms with van der Waals surface area (Å²) in [5, 5.41) is 2.59. The molecule has 4 nitrogen and oxygen atoms in total. The van der Waals surface area contributed by atoms with Crippen LogP contribution in [0.15, 0.2) is 48.5 Å². The zero-order valence-corrected chi connectivity index (χ0v) is 11.1. The molecule has 0 atom stereocenters. The topological polar surface area (TPSA) is 49.4 Å². The zero-order valence-electron chi connectivity index (χ0n) is 11.1. The lowest BCUT2D eigenvalue weighted by Gasteiger charge is -2.20. The number of carbonyl (C=O) groups is 2. The lowest BCUT2D eigenvalue weighted by molar-refractivity contribution is -0.112. The number of fused-ring (bicyclic) bond motifs is 1. The fourth-order valence-corrected chi connectivity index (χ4v) is 2.32. The third-order valence-electron chi connectivity index (χ3n) is 3.41. The van der Waals surface area contributed by atoms with Crippen molar-refractivity contribution in [3.05, 3.63) is 59.7 Å². The van der Waals surface area contributed by atoms with Crippen LogP contribution in [0.25, 0.3) is 0 Å². The Morgan fingerprint density at radius 3 is 2.55 bits per heavy atom. The van der Waals surface area contributed by atoms with E-state index in [1.165, 1.54) is 5.56 Å². The Bertz CT molecular complexity index is 680. The first-order valence-corrected chi connectivity index (χ1v) is 6.40. The molecular weight excluding hydrogens is 252 g/mol. The molecule has 1 N–H and O–H groups in total. The number of carbonyl (C=O) groups excluding carboxylic acids is 2. The number of amides is 1. The minimum absolute atomic E-state index is 0.451. The summed E-state index contributed by atoms with van der Waals surface area (Å²) in [6.45, 7) is 0.765. The van der Waals surface area contributed by atoms with Crippen LogP contribution in [-0.2, 0) is 11.3 Å². The second-order valence-corrected chi connectivity index (χ2v) is 4.85. The first kappa shape index (κ1) is 12.4. The summed E-state index contributed by atoms with van der Waals surface area (Å²) in [5.41, 5.74) is 3.21. The highest BCUT2D eigenvalue weighted by Crippen LogP contribution is 2.28. The van der Waals surface area contributed by atoms with Gasteiger partial charge >= 0.3 is 0 Å². The fraction of sp³-hybridized carbons (Fsp3) is 0.125. The fourth-order valence-electron chi connectivity index (χ4n) is 2.32. The molecule has 1 aliphatic rings. The van der Waals surface area contributed by atoms with Crippen molar-refractivity contribution in [2.45, 2.75) is 6.54 Å². The highest BCUT2D eigenvalue weighted by Gasteiger charge is 2.28. The minimum Gasteiger partial charge on any atom is -0.370 e. The van der Waals surface area contributed by atoms with Crippen molar-refractivity contribution in [1.29, 1.82) is 0 Å². The van der Waals surface area contributed by atoms with Gasteiger partial charge in [0.2, 0.25) is 0 Å². The van der Waals surface area contributed by atoms with Gasteiger partial charge in [0, 0.05) is 19.3 Å². The molecule has 0 aliphatic carbocycles.